The average Bonchev–Trinajstić information content (AvgIpc) is 3.12. The smallest absolute Gasteiger partial charge is 0.205 e. The number of H-pyrrole nitrogens is 1. The fourth-order valence-electron chi connectivity index (χ4n) is 3.32. The van der Waals surface area contributed by atoms with Gasteiger partial charge < -0.3 is 9.72 Å². The first-order valence-electron chi connectivity index (χ1n) is 9.52. The average molecular weight is 393 g/mol. The molecule has 2 heterocycles. The van der Waals surface area contributed by atoms with Crippen molar-refractivity contribution in [2.24, 2.45) is 0 Å². The van der Waals surface area contributed by atoms with Crippen LogP contribution in [-0.2, 0) is 6.61 Å². The normalized spacial score (nSPS) is 11.3. The highest BCUT2D eigenvalue weighted by atomic mass is 16.5. The van der Waals surface area contributed by atoms with Gasteiger partial charge in [-0.3, -0.25) is 9.78 Å². The van der Waals surface area contributed by atoms with E-state index in [-0.39, 0.29) is 11.4 Å². The molecule has 5 nitrogen and oxygen atoms in total. The Morgan fingerprint density at radius 2 is 1.87 bits per heavy atom. The van der Waals surface area contributed by atoms with E-state index in [0.717, 1.165) is 27.9 Å². The van der Waals surface area contributed by atoms with Crippen LogP contribution in [-0.4, -0.2) is 15.8 Å². The number of rotatable bonds is 6. The second-order valence-electron chi connectivity index (χ2n) is 6.85. The number of benzene rings is 2. The Balaban J connectivity index is 1.54. The van der Waals surface area contributed by atoms with Crippen LogP contribution in [0.2, 0.25) is 0 Å². The Morgan fingerprint density at radius 1 is 1.10 bits per heavy atom. The molecule has 0 radical (unpaired) electrons. The molecular weight excluding hydrogens is 374 g/mol. The highest BCUT2D eigenvalue weighted by molar-refractivity contribution is 6.20. The van der Waals surface area contributed by atoms with E-state index >= 15 is 0 Å². The van der Waals surface area contributed by atoms with Crippen molar-refractivity contribution in [1.29, 1.82) is 5.26 Å². The zero-order chi connectivity index (χ0) is 20.9. The summed E-state index contributed by atoms with van der Waals surface area (Å²) in [6.45, 7) is 2.22. The number of aromatic amines is 1. The lowest BCUT2D eigenvalue weighted by atomic mass is 9.99. The molecule has 2 aromatic heterocycles. The van der Waals surface area contributed by atoms with Crippen LogP contribution in [0.5, 0.6) is 5.75 Å². The molecule has 2 aromatic carbocycles. The number of para-hydroxylation sites is 1. The Labute approximate surface area is 174 Å². The number of nitrogens with one attached hydrogen (secondary N) is 1. The van der Waals surface area contributed by atoms with Crippen LogP contribution >= 0.6 is 0 Å². The van der Waals surface area contributed by atoms with Gasteiger partial charge in [0.1, 0.15) is 24.0 Å². The van der Waals surface area contributed by atoms with Gasteiger partial charge in [0.2, 0.25) is 5.78 Å². The van der Waals surface area contributed by atoms with Crippen molar-refractivity contribution in [3.63, 3.8) is 0 Å². The number of nitrogens with zero attached hydrogens (tertiary/aromatic N) is 2. The third kappa shape index (κ3) is 3.98. The van der Waals surface area contributed by atoms with E-state index < -0.39 is 0 Å². The van der Waals surface area contributed by atoms with Gasteiger partial charge in [-0.2, -0.15) is 5.26 Å². The van der Waals surface area contributed by atoms with Gasteiger partial charge in [0.15, 0.2) is 0 Å². The first kappa shape index (κ1) is 19.2. The van der Waals surface area contributed by atoms with Crippen LogP contribution < -0.4 is 4.74 Å². The quantitative estimate of drug-likeness (QED) is 0.276. The molecule has 4 aromatic rings. The van der Waals surface area contributed by atoms with Crippen LogP contribution in [0.4, 0.5) is 0 Å². The molecular formula is C25H19N3O2. The monoisotopic (exact) mass is 393 g/mol. The summed E-state index contributed by atoms with van der Waals surface area (Å²) in [5, 5.41) is 10.4. The Hall–Kier alpha value is -4.17. The minimum Gasteiger partial charge on any atom is -0.487 e. The van der Waals surface area contributed by atoms with E-state index in [4.69, 9.17) is 4.74 Å². The molecule has 0 spiro atoms. The van der Waals surface area contributed by atoms with E-state index in [2.05, 4.69) is 9.97 Å². The van der Waals surface area contributed by atoms with Crippen LogP contribution in [0.25, 0.3) is 17.0 Å². The maximum Gasteiger partial charge on any atom is 0.205 e. The standard InChI is InChI=1S/C25H19N3O2/c1-17-24(22-7-2-3-8-23(22)28-17)25(29)19(15-26)14-18-9-11-21(12-10-18)30-16-20-6-4-5-13-27-20/h2-14,28H,16H2,1H3/b19-14-. The van der Waals surface area contributed by atoms with Crippen molar-refractivity contribution < 1.29 is 9.53 Å². The second kappa shape index (κ2) is 8.46. The summed E-state index contributed by atoms with van der Waals surface area (Å²) in [6, 6.07) is 22.6. The van der Waals surface area contributed by atoms with Gasteiger partial charge in [0.25, 0.3) is 0 Å². The van der Waals surface area contributed by atoms with Crippen LogP contribution in [0.3, 0.4) is 0 Å². The van der Waals surface area contributed by atoms with E-state index in [1.54, 1.807) is 12.3 Å². The highest BCUT2D eigenvalue weighted by Crippen LogP contribution is 2.25. The zero-order valence-electron chi connectivity index (χ0n) is 16.4. The Bertz CT molecular complexity index is 1260. The number of ketones is 1. The number of fused-ring (bicyclic) bond motifs is 1. The van der Waals surface area contributed by atoms with Crippen molar-refractivity contribution in [3.05, 3.63) is 101 Å². The zero-order valence-corrected chi connectivity index (χ0v) is 16.4. The maximum absolute atomic E-state index is 13.1. The van der Waals surface area contributed by atoms with Crippen molar-refractivity contribution >= 4 is 22.8 Å². The lowest BCUT2D eigenvalue weighted by molar-refractivity contribution is 0.104. The first-order valence-corrected chi connectivity index (χ1v) is 9.52. The number of aromatic nitrogens is 2. The number of ether oxygens (including phenoxy) is 1. The largest absolute Gasteiger partial charge is 0.487 e. The summed E-state index contributed by atoms with van der Waals surface area (Å²) in [5.41, 5.74) is 3.85. The molecule has 0 aliphatic heterocycles. The highest BCUT2D eigenvalue weighted by Gasteiger charge is 2.19. The predicted molar refractivity (Wildman–Crippen MR) is 116 cm³/mol. The van der Waals surface area contributed by atoms with Crippen molar-refractivity contribution in [2.45, 2.75) is 13.5 Å². The molecule has 0 fully saturated rings. The SMILES string of the molecule is Cc1[nH]c2ccccc2c1C(=O)/C(C#N)=C\c1ccc(OCc2ccccn2)cc1. The number of hydrogen-bond donors (Lipinski definition) is 1. The fourth-order valence-corrected chi connectivity index (χ4v) is 3.32. The summed E-state index contributed by atoms with van der Waals surface area (Å²) in [7, 11) is 0. The van der Waals surface area contributed by atoms with Crippen molar-refractivity contribution in [2.75, 3.05) is 0 Å². The number of pyridine rings is 1. The molecule has 1 N–H and O–H groups in total. The minimum absolute atomic E-state index is 0.0880. The molecule has 0 aliphatic carbocycles. The molecule has 0 amide bonds. The maximum atomic E-state index is 13.1. The molecule has 0 saturated heterocycles. The van der Waals surface area contributed by atoms with E-state index in [9.17, 15) is 10.1 Å². The van der Waals surface area contributed by atoms with E-state index in [1.807, 2.05) is 79.7 Å². The first-order chi connectivity index (χ1) is 14.7. The topological polar surface area (TPSA) is 78.8 Å². The summed E-state index contributed by atoms with van der Waals surface area (Å²) in [5.74, 6) is 0.401. The van der Waals surface area contributed by atoms with Crippen LogP contribution in [0.15, 0.2) is 78.5 Å². The number of aryl methyl sites for hydroxylation is 1. The molecule has 0 aliphatic rings. The van der Waals surface area contributed by atoms with Gasteiger partial charge in [-0.15, -0.1) is 0 Å². The van der Waals surface area contributed by atoms with Crippen LogP contribution in [0.1, 0.15) is 27.3 Å². The third-order valence-electron chi connectivity index (χ3n) is 4.79. The summed E-state index contributed by atoms with van der Waals surface area (Å²) < 4.78 is 5.73. The number of Topliss-reactive ketones (excluding diaryl/α,β-unsaturated/α-hetero) is 1. The summed E-state index contributed by atoms with van der Waals surface area (Å²) in [6.07, 6.45) is 3.33. The molecule has 0 unspecified atom stereocenters. The molecule has 0 saturated carbocycles. The van der Waals surface area contributed by atoms with E-state index in [1.165, 1.54) is 0 Å². The van der Waals surface area contributed by atoms with Gasteiger partial charge in [-0.05, 0) is 48.9 Å². The third-order valence-corrected chi connectivity index (χ3v) is 4.79. The van der Waals surface area contributed by atoms with E-state index in [0.29, 0.717) is 17.9 Å². The Morgan fingerprint density at radius 3 is 2.60 bits per heavy atom. The number of carbonyl (C=O) groups is 1. The van der Waals surface area contributed by atoms with Gasteiger partial charge in [-0.25, -0.2) is 0 Å². The van der Waals surface area contributed by atoms with Crippen molar-refractivity contribution in [3.8, 4) is 11.8 Å². The lowest BCUT2D eigenvalue weighted by Gasteiger charge is -2.06. The number of allylic oxidation sites excluding steroid dienone is 1. The van der Waals surface area contributed by atoms with Gasteiger partial charge in [-0.1, -0.05) is 36.4 Å². The number of nitriles is 1. The molecule has 146 valence electrons. The number of carbonyl (C=O) groups excluding carboxylic acids is 1. The molecule has 30 heavy (non-hydrogen) atoms. The van der Waals surface area contributed by atoms with Gasteiger partial charge >= 0.3 is 0 Å². The van der Waals surface area contributed by atoms with Gasteiger partial charge in [0.05, 0.1) is 11.3 Å². The molecule has 0 bridgehead atoms. The molecule has 4 rings (SSSR count). The van der Waals surface area contributed by atoms with Crippen LogP contribution in [0, 0.1) is 18.3 Å². The second-order valence-corrected chi connectivity index (χ2v) is 6.85. The summed E-state index contributed by atoms with van der Waals surface area (Å²) in [4.78, 5) is 20.5. The number of hydrogen-bond acceptors (Lipinski definition) is 4. The predicted octanol–water partition coefficient (Wildman–Crippen LogP) is 5.24. The lowest BCUT2D eigenvalue weighted by Crippen LogP contribution is -2.03. The Kier molecular flexibility index (Phi) is 5.40. The summed E-state index contributed by atoms with van der Waals surface area (Å²) >= 11 is 0. The van der Waals surface area contributed by atoms with Crippen molar-refractivity contribution in [1.82, 2.24) is 9.97 Å². The minimum atomic E-state index is -0.289. The fraction of sp³-hybridized carbons (Fsp3) is 0.0800. The van der Waals surface area contributed by atoms with Gasteiger partial charge in [0, 0.05) is 22.8 Å². The molecule has 0 atom stereocenters. The molecule has 5 heteroatoms.